The summed E-state index contributed by atoms with van der Waals surface area (Å²) in [4.78, 5) is 13.9. The number of aromatic nitrogens is 1. The van der Waals surface area contributed by atoms with E-state index in [2.05, 4.69) is 5.16 Å². The Bertz CT molecular complexity index is 402. The largest absolute Gasteiger partial charge is 0.359 e. The summed E-state index contributed by atoms with van der Waals surface area (Å²) >= 11 is 0. The molecular formula is C12H19N3O2. The summed E-state index contributed by atoms with van der Waals surface area (Å²) in [6.45, 7) is 4.56. The molecule has 2 N–H and O–H groups in total. The zero-order chi connectivity index (χ0) is 12.4. The summed E-state index contributed by atoms with van der Waals surface area (Å²) in [5.74, 6) is 0.792. The molecule has 0 aliphatic carbocycles. The van der Waals surface area contributed by atoms with Crippen molar-refractivity contribution in [1.82, 2.24) is 10.1 Å². The first-order valence-corrected chi connectivity index (χ1v) is 6.12. The Hall–Kier alpha value is -1.36. The van der Waals surface area contributed by atoms with Crippen LogP contribution in [0.1, 0.15) is 43.7 Å². The van der Waals surface area contributed by atoms with E-state index in [4.69, 9.17) is 10.3 Å². The summed E-state index contributed by atoms with van der Waals surface area (Å²) in [5, 5.41) is 3.88. The van der Waals surface area contributed by atoms with Crippen molar-refractivity contribution >= 4 is 5.91 Å². The molecule has 0 aromatic carbocycles. The number of hydrogen-bond donors (Lipinski definition) is 1. The zero-order valence-electron chi connectivity index (χ0n) is 10.3. The molecule has 1 saturated heterocycles. The number of rotatable bonds is 3. The lowest BCUT2D eigenvalue weighted by atomic mass is 10.1. The van der Waals surface area contributed by atoms with Gasteiger partial charge in [-0.1, -0.05) is 12.1 Å². The van der Waals surface area contributed by atoms with Crippen molar-refractivity contribution in [3.63, 3.8) is 0 Å². The first-order valence-electron chi connectivity index (χ1n) is 6.12. The molecule has 94 valence electrons. The zero-order valence-corrected chi connectivity index (χ0v) is 10.3. The van der Waals surface area contributed by atoms with Crippen molar-refractivity contribution in [2.75, 3.05) is 6.54 Å². The van der Waals surface area contributed by atoms with Gasteiger partial charge in [0.15, 0.2) is 5.76 Å². The number of nitrogens with zero attached hydrogens (tertiary/aromatic N) is 2. The van der Waals surface area contributed by atoms with E-state index in [0.29, 0.717) is 6.42 Å². The predicted molar refractivity (Wildman–Crippen MR) is 63.2 cm³/mol. The fourth-order valence-electron chi connectivity index (χ4n) is 2.25. The number of likely N-dealkylation sites (tertiary alicyclic amines) is 1. The molecule has 1 aromatic rings. The lowest BCUT2D eigenvalue weighted by molar-refractivity contribution is -0.134. The minimum Gasteiger partial charge on any atom is -0.359 e. The molecule has 17 heavy (non-hydrogen) atoms. The summed E-state index contributed by atoms with van der Waals surface area (Å²) in [5.41, 5.74) is 6.65. The minimum atomic E-state index is -0.403. The monoisotopic (exact) mass is 237 g/mol. The van der Waals surface area contributed by atoms with Gasteiger partial charge in [-0.15, -0.1) is 0 Å². The molecule has 2 atom stereocenters. The standard InChI is InChI=1S/C12H19N3O2/c1-3-9(13)12(16)15-6-4-5-10(15)11-7-8(2)14-17-11/h7,9-10H,3-6,13H2,1-2H3/t9-,10?/m1/s1. The predicted octanol–water partition coefficient (Wildman–Crippen LogP) is 1.38. The van der Waals surface area contributed by atoms with Crippen molar-refractivity contribution in [2.45, 2.75) is 45.2 Å². The van der Waals surface area contributed by atoms with Gasteiger partial charge in [0.2, 0.25) is 5.91 Å². The molecule has 5 heteroatoms. The van der Waals surface area contributed by atoms with Gasteiger partial charge in [-0.2, -0.15) is 0 Å². The van der Waals surface area contributed by atoms with Crippen LogP contribution in [0.3, 0.4) is 0 Å². The average Bonchev–Trinajstić information content (AvgIpc) is 2.94. The Morgan fingerprint density at radius 1 is 1.76 bits per heavy atom. The highest BCUT2D eigenvalue weighted by molar-refractivity contribution is 5.82. The van der Waals surface area contributed by atoms with E-state index in [1.165, 1.54) is 0 Å². The highest BCUT2D eigenvalue weighted by Crippen LogP contribution is 2.32. The van der Waals surface area contributed by atoms with E-state index in [1.54, 1.807) is 0 Å². The maximum Gasteiger partial charge on any atom is 0.240 e. The number of nitrogens with two attached hydrogens (primary N) is 1. The van der Waals surface area contributed by atoms with Crippen molar-refractivity contribution in [3.8, 4) is 0 Å². The molecule has 1 unspecified atom stereocenters. The molecule has 0 saturated carbocycles. The van der Waals surface area contributed by atoms with Crippen molar-refractivity contribution in [3.05, 3.63) is 17.5 Å². The maximum atomic E-state index is 12.1. The SMILES string of the molecule is CC[C@@H](N)C(=O)N1CCCC1c1cc(C)no1. The van der Waals surface area contributed by atoms with Crippen LogP contribution in [0, 0.1) is 6.92 Å². The van der Waals surface area contributed by atoms with Crippen LogP contribution in [0.5, 0.6) is 0 Å². The number of aryl methyl sites for hydroxylation is 1. The average molecular weight is 237 g/mol. The van der Waals surface area contributed by atoms with E-state index in [9.17, 15) is 4.79 Å². The third kappa shape index (κ3) is 2.34. The number of hydrogen-bond acceptors (Lipinski definition) is 4. The number of amides is 1. The molecule has 1 aromatic heterocycles. The van der Waals surface area contributed by atoms with Crippen molar-refractivity contribution in [2.24, 2.45) is 5.73 Å². The number of carbonyl (C=O) groups excluding carboxylic acids is 1. The Labute approximate surface area is 101 Å². The quantitative estimate of drug-likeness (QED) is 0.862. The van der Waals surface area contributed by atoms with E-state index >= 15 is 0 Å². The molecule has 1 amide bonds. The van der Waals surface area contributed by atoms with Gasteiger partial charge in [-0.25, -0.2) is 0 Å². The van der Waals surface area contributed by atoms with Crippen LogP contribution >= 0.6 is 0 Å². The molecule has 0 radical (unpaired) electrons. The summed E-state index contributed by atoms with van der Waals surface area (Å²) in [6, 6.07) is 1.51. The van der Waals surface area contributed by atoms with Crippen LogP contribution in [-0.4, -0.2) is 28.6 Å². The highest BCUT2D eigenvalue weighted by atomic mass is 16.5. The molecule has 1 aliphatic heterocycles. The Morgan fingerprint density at radius 2 is 2.53 bits per heavy atom. The topological polar surface area (TPSA) is 72.4 Å². The van der Waals surface area contributed by atoms with Crippen LogP contribution in [0.15, 0.2) is 10.6 Å². The minimum absolute atomic E-state index is 0.0151. The number of carbonyl (C=O) groups is 1. The fraction of sp³-hybridized carbons (Fsp3) is 0.667. The van der Waals surface area contributed by atoms with Crippen LogP contribution in [0.25, 0.3) is 0 Å². The van der Waals surface area contributed by atoms with Gasteiger partial charge in [-0.3, -0.25) is 4.79 Å². The van der Waals surface area contributed by atoms with Gasteiger partial charge < -0.3 is 15.2 Å². The second-order valence-corrected chi connectivity index (χ2v) is 4.58. The van der Waals surface area contributed by atoms with Gasteiger partial charge in [0.1, 0.15) is 0 Å². The van der Waals surface area contributed by atoms with Gasteiger partial charge >= 0.3 is 0 Å². The molecule has 5 nitrogen and oxygen atoms in total. The van der Waals surface area contributed by atoms with Gasteiger partial charge in [-0.05, 0) is 26.2 Å². The van der Waals surface area contributed by atoms with E-state index in [0.717, 1.165) is 30.8 Å². The van der Waals surface area contributed by atoms with Gasteiger partial charge in [0.05, 0.1) is 17.8 Å². The Morgan fingerprint density at radius 3 is 3.12 bits per heavy atom. The van der Waals surface area contributed by atoms with E-state index in [-0.39, 0.29) is 11.9 Å². The van der Waals surface area contributed by atoms with E-state index in [1.807, 2.05) is 24.8 Å². The fourth-order valence-corrected chi connectivity index (χ4v) is 2.25. The molecule has 2 rings (SSSR count). The van der Waals surface area contributed by atoms with Gasteiger partial charge in [0.25, 0.3) is 0 Å². The second-order valence-electron chi connectivity index (χ2n) is 4.58. The third-order valence-electron chi connectivity index (χ3n) is 3.27. The molecule has 0 spiro atoms. The second kappa shape index (κ2) is 4.87. The highest BCUT2D eigenvalue weighted by Gasteiger charge is 2.34. The molecular weight excluding hydrogens is 218 g/mol. The Balaban J connectivity index is 2.15. The summed E-state index contributed by atoms with van der Waals surface area (Å²) in [7, 11) is 0. The molecule has 0 bridgehead atoms. The van der Waals surface area contributed by atoms with Crippen molar-refractivity contribution in [1.29, 1.82) is 0 Å². The molecule has 1 fully saturated rings. The van der Waals surface area contributed by atoms with Gasteiger partial charge in [0, 0.05) is 12.6 Å². The van der Waals surface area contributed by atoms with Crippen LogP contribution in [0.4, 0.5) is 0 Å². The third-order valence-corrected chi connectivity index (χ3v) is 3.27. The first-order chi connectivity index (χ1) is 8.13. The molecule has 2 heterocycles. The normalized spacial score (nSPS) is 21.8. The van der Waals surface area contributed by atoms with Crippen LogP contribution in [-0.2, 0) is 4.79 Å². The Kier molecular flexibility index (Phi) is 3.47. The lowest BCUT2D eigenvalue weighted by Crippen LogP contribution is -2.42. The summed E-state index contributed by atoms with van der Waals surface area (Å²) < 4.78 is 5.26. The maximum absolute atomic E-state index is 12.1. The van der Waals surface area contributed by atoms with Crippen LogP contribution < -0.4 is 5.73 Å². The summed E-state index contributed by atoms with van der Waals surface area (Å²) in [6.07, 6.45) is 2.58. The van der Waals surface area contributed by atoms with E-state index < -0.39 is 6.04 Å². The van der Waals surface area contributed by atoms with Crippen LogP contribution in [0.2, 0.25) is 0 Å². The first kappa shape index (κ1) is 12.1. The van der Waals surface area contributed by atoms with Crippen molar-refractivity contribution < 1.29 is 9.32 Å². The smallest absolute Gasteiger partial charge is 0.240 e. The lowest BCUT2D eigenvalue weighted by Gasteiger charge is -2.25. The molecule has 1 aliphatic rings.